The number of non-ortho nitro benzene ring substituents is 1. The van der Waals surface area contributed by atoms with Gasteiger partial charge in [-0.25, -0.2) is 13.4 Å². The second-order valence-corrected chi connectivity index (χ2v) is 9.50. The Balaban J connectivity index is 1.38. The molecule has 0 N–H and O–H groups in total. The van der Waals surface area contributed by atoms with E-state index in [0.717, 1.165) is 56.9 Å². The monoisotopic (exact) mass is 431 g/mol. The molecule has 2 aliphatic heterocycles. The van der Waals surface area contributed by atoms with Crippen LogP contribution in [0.15, 0.2) is 47.5 Å². The zero-order valence-corrected chi connectivity index (χ0v) is 17.5. The highest BCUT2D eigenvalue weighted by Gasteiger charge is 2.26. The van der Waals surface area contributed by atoms with Crippen LogP contribution in [-0.2, 0) is 10.0 Å². The van der Waals surface area contributed by atoms with Crippen molar-refractivity contribution < 1.29 is 13.3 Å². The van der Waals surface area contributed by atoms with Gasteiger partial charge in [-0.3, -0.25) is 10.1 Å². The Morgan fingerprint density at radius 1 is 0.833 bits per heavy atom. The molecule has 0 radical (unpaired) electrons. The van der Waals surface area contributed by atoms with Crippen LogP contribution >= 0.6 is 0 Å². The third kappa shape index (κ3) is 4.24. The largest absolute Gasteiger partial charge is 0.368 e. The Bertz CT molecular complexity index is 981. The Morgan fingerprint density at radius 3 is 2.03 bits per heavy atom. The minimum Gasteiger partial charge on any atom is -0.368 e. The van der Waals surface area contributed by atoms with Crippen molar-refractivity contribution in [1.82, 2.24) is 9.29 Å². The number of piperidine rings is 1. The second kappa shape index (κ2) is 8.57. The van der Waals surface area contributed by atoms with Gasteiger partial charge < -0.3 is 9.80 Å². The summed E-state index contributed by atoms with van der Waals surface area (Å²) in [6, 6.07) is 10.0. The number of pyridine rings is 1. The fourth-order valence-corrected chi connectivity index (χ4v) is 5.41. The number of aromatic nitrogens is 1. The van der Waals surface area contributed by atoms with Gasteiger partial charge in [-0.05, 0) is 37.1 Å². The Labute approximate surface area is 176 Å². The molecule has 30 heavy (non-hydrogen) atoms. The summed E-state index contributed by atoms with van der Waals surface area (Å²) in [4.78, 5) is 19.4. The summed E-state index contributed by atoms with van der Waals surface area (Å²) in [5.41, 5.74) is 1.04. The van der Waals surface area contributed by atoms with Crippen molar-refractivity contribution in [2.45, 2.75) is 24.2 Å². The van der Waals surface area contributed by atoms with Crippen LogP contribution in [0.3, 0.4) is 0 Å². The van der Waals surface area contributed by atoms with Gasteiger partial charge in [-0.1, -0.05) is 6.42 Å². The van der Waals surface area contributed by atoms with E-state index in [1.807, 2.05) is 0 Å². The van der Waals surface area contributed by atoms with Gasteiger partial charge >= 0.3 is 0 Å². The van der Waals surface area contributed by atoms with Crippen LogP contribution in [0, 0.1) is 10.1 Å². The molecule has 0 bridgehead atoms. The highest BCUT2D eigenvalue weighted by molar-refractivity contribution is 7.89. The molecule has 9 nitrogen and oxygen atoms in total. The first kappa shape index (κ1) is 20.5. The molecule has 0 spiro atoms. The number of sulfonamides is 1. The van der Waals surface area contributed by atoms with Crippen LogP contribution in [-0.4, -0.2) is 61.9 Å². The van der Waals surface area contributed by atoms with Crippen LogP contribution in [0.25, 0.3) is 0 Å². The summed E-state index contributed by atoms with van der Waals surface area (Å²) in [5, 5.41) is 10.8. The SMILES string of the molecule is O=[N+]([O-])c1ccc(N2CCN(c3ccc(S(=O)(=O)N4CCCCC4)cn3)CC2)cc1. The smallest absolute Gasteiger partial charge is 0.269 e. The Kier molecular flexibility index (Phi) is 5.87. The van der Waals surface area contributed by atoms with Gasteiger partial charge in [0.2, 0.25) is 10.0 Å². The number of nitrogens with zero attached hydrogens (tertiary/aromatic N) is 5. The van der Waals surface area contributed by atoms with E-state index in [1.54, 1.807) is 28.6 Å². The first-order valence-corrected chi connectivity index (χ1v) is 11.6. The van der Waals surface area contributed by atoms with Crippen LogP contribution in [0.1, 0.15) is 19.3 Å². The molecule has 0 aliphatic carbocycles. The number of rotatable bonds is 5. The van der Waals surface area contributed by atoms with Crippen molar-refractivity contribution in [3.8, 4) is 0 Å². The summed E-state index contributed by atoms with van der Waals surface area (Å²) in [6.45, 7) is 4.15. The number of benzene rings is 1. The highest BCUT2D eigenvalue weighted by atomic mass is 32.2. The van der Waals surface area contributed by atoms with E-state index in [-0.39, 0.29) is 10.6 Å². The number of nitro groups is 1. The highest BCUT2D eigenvalue weighted by Crippen LogP contribution is 2.24. The van der Waals surface area contributed by atoms with Gasteiger partial charge in [-0.15, -0.1) is 0 Å². The fourth-order valence-electron chi connectivity index (χ4n) is 3.95. The Hall–Kier alpha value is -2.72. The lowest BCUT2D eigenvalue weighted by Crippen LogP contribution is -2.46. The standard InChI is InChI=1S/C20H25N5O4S/c26-25(27)18-6-4-17(5-7-18)22-12-14-23(15-13-22)20-9-8-19(16-21-20)30(28,29)24-10-2-1-3-11-24/h4-9,16H,1-3,10-15H2. The minimum atomic E-state index is -3.47. The maximum atomic E-state index is 12.8. The molecule has 2 aliphatic rings. The lowest BCUT2D eigenvalue weighted by Gasteiger charge is -2.36. The number of hydrogen-bond acceptors (Lipinski definition) is 7. The predicted octanol–water partition coefficient (Wildman–Crippen LogP) is 2.49. The summed E-state index contributed by atoms with van der Waals surface area (Å²) in [7, 11) is -3.47. The van der Waals surface area contributed by atoms with Gasteiger partial charge in [0, 0.05) is 63.3 Å². The van der Waals surface area contributed by atoms with Crippen molar-refractivity contribution >= 4 is 27.2 Å². The molecule has 2 fully saturated rings. The van der Waals surface area contributed by atoms with E-state index in [1.165, 1.54) is 18.3 Å². The normalized spacial score (nSPS) is 18.4. The molecule has 160 valence electrons. The van der Waals surface area contributed by atoms with Crippen molar-refractivity contribution in [1.29, 1.82) is 0 Å². The zero-order valence-electron chi connectivity index (χ0n) is 16.7. The van der Waals surface area contributed by atoms with Crippen LogP contribution in [0.4, 0.5) is 17.2 Å². The molecule has 2 saturated heterocycles. The van der Waals surface area contributed by atoms with Gasteiger partial charge in [0.15, 0.2) is 0 Å². The van der Waals surface area contributed by atoms with E-state index in [0.29, 0.717) is 13.1 Å². The summed E-state index contributed by atoms with van der Waals surface area (Å²) in [5.74, 6) is 0.760. The van der Waals surface area contributed by atoms with Crippen molar-refractivity contribution in [2.24, 2.45) is 0 Å². The molecule has 1 aromatic heterocycles. The molecule has 0 amide bonds. The molecule has 4 rings (SSSR count). The second-order valence-electron chi connectivity index (χ2n) is 7.56. The van der Waals surface area contributed by atoms with Gasteiger partial charge in [0.1, 0.15) is 10.7 Å². The van der Waals surface area contributed by atoms with E-state index >= 15 is 0 Å². The summed E-state index contributed by atoms with van der Waals surface area (Å²) in [6.07, 6.45) is 4.35. The van der Waals surface area contributed by atoms with Crippen molar-refractivity contribution in [3.05, 3.63) is 52.7 Å². The first-order valence-electron chi connectivity index (χ1n) is 10.2. The van der Waals surface area contributed by atoms with Crippen LogP contribution in [0.5, 0.6) is 0 Å². The van der Waals surface area contributed by atoms with E-state index < -0.39 is 14.9 Å². The lowest BCUT2D eigenvalue weighted by atomic mass is 10.2. The maximum Gasteiger partial charge on any atom is 0.269 e. The topological polar surface area (TPSA) is 99.9 Å². The predicted molar refractivity (Wildman–Crippen MR) is 114 cm³/mol. The van der Waals surface area contributed by atoms with Crippen LogP contribution < -0.4 is 9.80 Å². The average Bonchev–Trinajstić information content (AvgIpc) is 2.80. The molecular weight excluding hydrogens is 406 g/mol. The van der Waals surface area contributed by atoms with Crippen molar-refractivity contribution in [3.63, 3.8) is 0 Å². The molecule has 2 aromatic rings. The molecule has 3 heterocycles. The lowest BCUT2D eigenvalue weighted by molar-refractivity contribution is -0.384. The third-order valence-electron chi connectivity index (χ3n) is 5.70. The van der Waals surface area contributed by atoms with E-state index in [2.05, 4.69) is 14.8 Å². The number of hydrogen-bond donors (Lipinski definition) is 0. The van der Waals surface area contributed by atoms with Crippen LogP contribution in [0.2, 0.25) is 0 Å². The molecule has 10 heteroatoms. The number of piperazine rings is 1. The summed E-state index contributed by atoms with van der Waals surface area (Å²) >= 11 is 0. The van der Waals surface area contributed by atoms with E-state index in [9.17, 15) is 18.5 Å². The number of nitro benzene ring substituents is 1. The molecular formula is C20H25N5O4S. The quantitative estimate of drug-likeness (QED) is 0.530. The van der Waals surface area contributed by atoms with Gasteiger partial charge in [0.25, 0.3) is 5.69 Å². The number of anilines is 2. The third-order valence-corrected chi connectivity index (χ3v) is 7.59. The minimum absolute atomic E-state index is 0.0844. The maximum absolute atomic E-state index is 12.8. The van der Waals surface area contributed by atoms with Crippen molar-refractivity contribution in [2.75, 3.05) is 49.1 Å². The Morgan fingerprint density at radius 2 is 1.47 bits per heavy atom. The van der Waals surface area contributed by atoms with Gasteiger partial charge in [0.05, 0.1) is 4.92 Å². The fraction of sp³-hybridized carbons (Fsp3) is 0.450. The molecule has 0 atom stereocenters. The molecule has 1 aromatic carbocycles. The summed E-state index contributed by atoms with van der Waals surface area (Å²) < 4.78 is 27.1. The zero-order chi connectivity index (χ0) is 21.1. The molecule has 0 unspecified atom stereocenters. The average molecular weight is 432 g/mol. The van der Waals surface area contributed by atoms with Gasteiger partial charge in [-0.2, -0.15) is 4.31 Å². The molecule has 0 saturated carbocycles. The van der Waals surface area contributed by atoms with E-state index in [4.69, 9.17) is 0 Å². The first-order chi connectivity index (χ1) is 14.4.